The van der Waals surface area contributed by atoms with Crippen LogP contribution in [0.4, 0.5) is 5.69 Å². The highest BCUT2D eigenvalue weighted by molar-refractivity contribution is 7.98. The molecule has 0 saturated carbocycles. The summed E-state index contributed by atoms with van der Waals surface area (Å²) in [7, 11) is 0. The lowest BCUT2D eigenvalue weighted by Gasteiger charge is -2.12. The average Bonchev–Trinajstić information content (AvgIpc) is 2.35. The Morgan fingerprint density at radius 1 is 1.39 bits per heavy atom. The summed E-state index contributed by atoms with van der Waals surface area (Å²) in [6.07, 6.45) is 3.25. The molecular weight excluding hydrogens is 260 g/mol. The molecule has 0 fully saturated rings. The van der Waals surface area contributed by atoms with Crippen molar-refractivity contribution >= 4 is 34.8 Å². The Kier molecular flexibility index (Phi) is 7.13. The summed E-state index contributed by atoms with van der Waals surface area (Å²) in [6.45, 7) is 5.31. The fraction of sp³-hybridized carbons (Fsp3) is 0.500. The third-order valence-corrected chi connectivity index (χ3v) is 3.57. The SMILES string of the molecule is CSCCCNC(=S)Nc1cccc(C(C)C)c1. The zero-order chi connectivity index (χ0) is 13.4. The van der Waals surface area contributed by atoms with Crippen molar-refractivity contribution in [2.45, 2.75) is 26.2 Å². The Balaban J connectivity index is 2.41. The summed E-state index contributed by atoms with van der Waals surface area (Å²) in [5.74, 6) is 1.70. The predicted octanol–water partition coefficient (Wildman–Crippen LogP) is 3.85. The van der Waals surface area contributed by atoms with Crippen LogP contribution in [-0.2, 0) is 0 Å². The molecule has 18 heavy (non-hydrogen) atoms. The van der Waals surface area contributed by atoms with Gasteiger partial charge >= 0.3 is 0 Å². The molecule has 1 aromatic rings. The van der Waals surface area contributed by atoms with Crippen molar-refractivity contribution in [3.8, 4) is 0 Å². The number of thioether (sulfide) groups is 1. The van der Waals surface area contributed by atoms with Gasteiger partial charge in [0.05, 0.1) is 0 Å². The Hall–Kier alpha value is -0.740. The van der Waals surface area contributed by atoms with Crippen LogP contribution in [0.5, 0.6) is 0 Å². The van der Waals surface area contributed by atoms with Crippen LogP contribution in [0.1, 0.15) is 31.7 Å². The highest BCUT2D eigenvalue weighted by atomic mass is 32.2. The van der Waals surface area contributed by atoms with Crippen LogP contribution in [0.2, 0.25) is 0 Å². The quantitative estimate of drug-likeness (QED) is 0.611. The van der Waals surface area contributed by atoms with Crippen LogP contribution in [0, 0.1) is 0 Å². The maximum Gasteiger partial charge on any atom is 0.170 e. The van der Waals surface area contributed by atoms with Crippen LogP contribution >= 0.6 is 24.0 Å². The third-order valence-electron chi connectivity index (χ3n) is 2.62. The van der Waals surface area contributed by atoms with Gasteiger partial charge in [0.1, 0.15) is 0 Å². The molecule has 0 aliphatic heterocycles. The third kappa shape index (κ3) is 5.74. The van der Waals surface area contributed by atoms with Crippen LogP contribution in [0.15, 0.2) is 24.3 Å². The van der Waals surface area contributed by atoms with E-state index in [9.17, 15) is 0 Å². The minimum Gasteiger partial charge on any atom is -0.362 e. The first-order valence-corrected chi connectivity index (χ1v) is 8.07. The van der Waals surface area contributed by atoms with E-state index in [2.05, 4.69) is 48.9 Å². The van der Waals surface area contributed by atoms with Gasteiger partial charge in [-0.15, -0.1) is 0 Å². The maximum atomic E-state index is 5.27. The molecule has 0 unspecified atom stereocenters. The van der Waals surface area contributed by atoms with Crippen LogP contribution < -0.4 is 10.6 Å². The van der Waals surface area contributed by atoms with Gasteiger partial charge in [-0.25, -0.2) is 0 Å². The van der Waals surface area contributed by atoms with E-state index in [1.807, 2.05) is 17.8 Å². The number of benzene rings is 1. The first-order chi connectivity index (χ1) is 8.63. The predicted molar refractivity (Wildman–Crippen MR) is 87.8 cm³/mol. The van der Waals surface area contributed by atoms with Gasteiger partial charge in [-0.3, -0.25) is 0 Å². The Bertz CT molecular complexity index is 378. The molecule has 100 valence electrons. The molecule has 4 heteroatoms. The number of anilines is 1. The van der Waals surface area contributed by atoms with Crippen molar-refractivity contribution in [2.75, 3.05) is 23.9 Å². The topological polar surface area (TPSA) is 24.1 Å². The zero-order valence-electron chi connectivity index (χ0n) is 11.3. The summed E-state index contributed by atoms with van der Waals surface area (Å²) in [5.41, 5.74) is 2.38. The van der Waals surface area contributed by atoms with Crippen molar-refractivity contribution in [1.82, 2.24) is 5.32 Å². The number of hydrogen-bond acceptors (Lipinski definition) is 2. The maximum absolute atomic E-state index is 5.27. The summed E-state index contributed by atoms with van der Waals surface area (Å²) in [5, 5.41) is 7.15. The van der Waals surface area contributed by atoms with Crippen LogP contribution in [0.25, 0.3) is 0 Å². The standard InChI is InChI=1S/C14H22N2S2/c1-11(2)12-6-4-7-13(10-12)16-14(17)15-8-5-9-18-3/h4,6-7,10-11H,5,8-9H2,1-3H3,(H2,15,16,17). The minimum atomic E-state index is 0.537. The fourth-order valence-corrected chi connectivity index (χ4v) is 2.22. The molecule has 0 radical (unpaired) electrons. The molecule has 0 heterocycles. The normalized spacial score (nSPS) is 10.4. The van der Waals surface area contributed by atoms with Crippen LogP contribution in [-0.4, -0.2) is 23.7 Å². The Morgan fingerprint density at radius 3 is 2.83 bits per heavy atom. The van der Waals surface area contributed by atoms with Crippen molar-refractivity contribution < 1.29 is 0 Å². The highest BCUT2D eigenvalue weighted by Gasteiger charge is 2.01. The zero-order valence-corrected chi connectivity index (χ0v) is 13.0. The molecule has 2 nitrogen and oxygen atoms in total. The van der Waals surface area contributed by atoms with E-state index >= 15 is 0 Å². The van der Waals surface area contributed by atoms with Gasteiger partial charge in [0, 0.05) is 12.2 Å². The summed E-state index contributed by atoms with van der Waals surface area (Å²) < 4.78 is 0. The molecular formula is C14H22N2S2. The average molecular weight is 282 g/mol. The monoisotopic (exact) mass is 282 g/mol. The van der Waals surface area contributed by atoms with Crippen molar-refractivity contribution in [3.05, 3.63) is 29.8 Å². The molecule has 1 aromatic carbocycles. The lowest BCUT2D eigenvalue weighted by molar-refractivity contribution is 0.854. The van der Waals surface area contributed by atoms with Gasteiger partial charge in [-0.05, 0) is 54.3 Å². The molecule has 0 spiro atoms. The lowest BCUT2D eigenvalue weighted by atomic mass is 10.0. The molecule has 0 aromatic heterocycles. The highest BCUT2D eigenvalue weighted by Crippen LogP contribution is 2.18. The van der Waals surface area contributed by atoms with Gasteiger partial charge in [0.2, 0.25) is 0 Å². The van der Waals surface area contributed by atoms with Crippen molar-refractivity contribution in [1.29, 1.82) is 0 Å². The van der Waals surface area contributed by atoms with Crippen molar-refractivity contribution in [2.24, 2.45) is 0 Å². The van der Waals surface area contributed by atoms with E-state index < -0.39 is 0 Å². The molecule has 0 saturated heterocycles. The lowest BCUT2D eigenvalue weighted by Crippen LogP contribution is -2.29. The van der Waals surface area contributed by atoms with Gasteiger partial charge in [-0.2, -0.15) is 11.8 Å². The first kappa shape index (κ1) is 15.3. The molecule has 0 atom stereocenters. The van der Waals surface area contributed by atoms with E-state index in [1.54, 1.807) is 0 Å². The van der Waals surface area contributed by atoms with E-state index in [0.717, 1.165) is 18.7 Å². The summed E-state index contributed by atoms with van der Waals surface area (Å²) in [6, 6.07) is 8.40. The Labute approximate surface area is 120 Å². The number of hydrogen-bond donors (Lipinski definition) is 2. The number of thiocarbonyl (C=S) groups is 1. The molecule has 0 aliphatic rings. The summed E-state index contributed by atoms with van der Waals surface area (Å²) in [4.78, 5) is 0. The molecule has 2 N–H and O–H groups in total. The van der Waals surface area contributed by atoms with Gasteiger partial charge in [0.15, 0.2) is 5.11 Å². The van der Waals surface area contributed by atoms with E-state index in [0.29, 0.717) is 11.0 Å². The molecule has 0 aliphatic carbocycles. The number of nitrogens with one attached hydrogen (secondary N) is 2. The molecule has 0 bridgehead atoms. The Morgan fingerprint density at radius 2 is 2.17 bits per heavy atom. The van der Waals surface area contributed by atoms with Gasteiger partial charge in [0.25, 0.3) is 0 Å². The first-order valence-electron chi connectivity index (χ1n) is 6.27. The molecule has 1 rings (SSSR count). The smallest absolute Gasteiger partial charge is 0.170 e. The van der Waals surface area contributed by atoms with E-state index in [4.69, 9.17) is 12.2 Å². The number of rotatable bonds is 6. The summed E-state index contributed by atoms with van der Waals surface area (Å²) >= 11 is 7.12. The second kappa shape index (κ2) is 8.38. The second-order valence-corrected chi connectivity index (χ2v) is 5.90. The van der Waals surface area contributed by atoms with Crippen molar-refractivity contribution in [3.63, 3.8) is 0 Å². The molecule has 0 amide bonds. The minimum absolute atomic E-state index is 0.537. The van der Waals surface area contributed by atoms with E-state index in [-0.39, 0.29) is 0 Å². The second-order valence-electron chi connectivity index (χ2n) is 4.51. The van der Waals surface area contributed by atoms with Gasteiger partial charge < -0.3 is 10.6 Å². The van der Waals surface area contributed by atoms with E-state index in [1.165, 1.54) is 11.3 Å². The largest absolute Gasteiger partial charge is 0.362 e. The van der Waals surface area contributed by atoms with Crippen LogP contribution in [0.3, 0.4) is 0 Å². The van der Waals surface area contributed by atoms with Gasteiger partial charge in [-0.1, -0.05) is 26.0 Å². The fourth-order valence-electron chi connectivity index (χ4n) is 1.57.